The molecule has 94 valence electrons. The molecule has 1 N–H and O–H groups in total. The molecule has 17 heavy (non-hydrogen) atoms. The fourth-order valence-corrected chi connectivity index (χ4v) is 2.47. The van der Waals surface area contributed by atoms with Crippen molar-refractivity contribution < 1.29 is 17.9 Å². The first-order valence-corrected chi connectivity index (χ1v) is 6.92. The molecular formula is C9H11BrN2O4S. The van der Waals surface area contributed by atoms with Crippen molar-refractivity contribution in [3.05, 3.63) is 22.9 Å². The number of nitrogens with zero attached hydrogens (tertiary/aromatic N) is 1. The first kappa shape index (κ1) is 13.9. The van der Waals surface area contributed by atoms with Gasteiger partial charge in [0.25, 0.3) is 0 Å². The molecule has 0 aliphatic carbocycles. The Morgan fingerprint density at radius 2 is 2.24 bits per heavy atom. The highest BCUT2D eigenvalue weighted by atomic mass is 79.9. The first-order valence-electron chi connectivity index (χ1n) is 4.58. The average molecular weight is 323 g/mol. The molecule has 0 aliphatic heterocycles. The van der Waals surface area contributed by atoms with Crippen LogP contribution in [0.2, 0.25) is 0 Å². The molecule has 0 aromatic carbocycles. The van der Waals surface area contributed by atoms with Gasteiger partial charge in [0.15, 0.2) is 5.25 Å². The zero-order valence-corrected chi connectivity index (χ0v) is 11.6. The van der Waals surface area contributed by atoms with E-state index in [1.807, 2.05) is 0 Å². The number of methoxy groups -OCH3 is 1. The summed E-state index contributed by atoms with van der Waals surface area (Å²) >= 11 is 3.10. The predicted octanol–water partition coefficient (Wildman–Crippen LogP) is 1.15. The van der Waals surface area contributed by atoms with E-state index in [0.29, 0.717) is 4.60 Å². The maximum absolute atomic E-state index is 11.8. The van der Waals surface area contributed by atoms with E-state index in [1.165, 1.54) is 19.2 Å². The van der Waals surface area contributed by atoms with Crippen molar-refractivity contribution >= 4 is 37.6 Å². The number of hydrogen-bond acceptors (Lipinski definition) is 5. The van der Waals surface area contributed by atoms with Gasteiger partial charge in [-0.25, -0.2) is 13.4 Å². The van der Waals surface area contributed by atoms with Gasteiger partial charge in [0.05, 0.1) is 12.8 Å². The van der Waals surface area contributed by atoms with Crippen molar-refractivity contribution in [3.8, 4) is 0 Å². The van der Waals surface area contributed by atoms with Crippen LogP contribution in [0.5, 0.6) is 0 Å². The van der Waals surface area contributed by atoms with Gasteiger partial charge < -0.3 is 4.74 Å². The van der Waals surface area contributed by atoms with E-state index in [1.54, 1.807) is 6.07 Å². The molecule has 0 amide bonds. The minimum atomic E-state index is -3.84. The van der Waals surface area contributed by atoms with Gasteiger partial charge in [-0.3, -0.25) is 9.52 Å². The number of sulfonamides is 1. The zero-order chi connectivity index (χ0) is 13.1. The van der Waals surface area contributed by atoms with Crippen LogP contribution in [-0.2, 0) is 19.6 Å². The Labute approximate surface area is 108 Å². The van der Waals surface area contributed by atoms with Crippen LogP contribution in [0.1, 0.15) is 6.92 Å². The molecule has 0 aliphatic rings. The summed E-state index contributed by atoms with van der Waals surface area (Å²) in [6.45, 7) is 1.25. The van der Waals surface area contributed by atoms with Crippen LogP contribution in [0.15, 0.2) is 22.9 Å². The number of esters is 1. The number of pyridine rings is 1. The summed E-state index contributed by atoms with van der Waals surface area (Å²) in [5.41, 5.74) is 0.267. The van der Waals surface area contributed by atoms with E-state index < -0.39 is 21.2 Å². The number of hydrogen-bond donors (Lipinski definition) is 1. The molecule has 8 heteroatoms. The Balaban J connectivity index is 2.95. The largest absolute Gasteiger partial charge is 0.468 e. The van der Waals surface area contributed by atoms with Crippen molar-refractivity contribution in [1.29, 1.82) is 0 Å². The topological polar surface area (TPSA) is 85.4 Å². The number of aromatic nitrogens is 1. The molecular weight excluding hydrogens is 312 g/mol. The Hall–Kier alpha value is -1.15. The molecule has 1 heterocycles. The number of carbonyl (C=O) groups excluding carboxylic acids is 1. The minimum Gasteiger partial charge on any atom is -0.468 e. The molecule has 0 spiro atoms. The zero-order valence-electron chi connectivity index (χ0n) is 9.18. The molecule has 0 fully saturated rings. The number of nitrogens with one attached hydrogen (secondary N) is 1. The van der Waals surface area contributed by atoms with Gasteiger partial charge in [0.1, 0.15) is 4.60 Å². The van der Waals surface area contributed by atoms with Crippen molar-refractivity contribution in [2.24, 2.45) is 0 Å². The maximum Gasteiger partial charge on any atom is 0.325 e. The quantitative estimate of drug-likeness (QED) is 0.663. The lowest BCUT2D eigenvalue weighted by atomic mass is 10.4. The number of carbonyl (C=O) groups is 1. The summed E-state index contributed by atoms with van der Waals surface area (Å²) in [4.78, 5) is 15.0. The number of anilines is 1. The van der Waals surface area contributed by atoms with Gasteiger partial charge in [-0.2, -0.15) is 0 Å². The molecule has 0 bridgehead atoms. The number of rotatable bonds is 4. The Morgan fingerprint density at radius 3 is 2.76 bits per heavy atom. The molecule has 0 radical (unpaired) electrons. The average Bonchev–Trinajstić information content (AvgIpc) is 2.30. The predicted molar refractivity (Wildman–Crippen MR) is 66.0 cm³/mol. The number of halogens is 1. The third kappa shape index (κ3) is 3.40. The minimum absolute atomic E-state index is 0.267. The van der Waals surface area contributed by atoms with Crippen LogP contribution in [0, 0.1) is 0 Å². The van der Waals surface area contributed by atoms with Crippen molar-refractivity contribution in [1.82, 2.24) is 4.98 Å². The van der Waals surface area contributed by atoms with Crippen molar-refractivity contribution in [2.75, 3.05) is 11.8 Å². The molecule has 0 saturated heterocycles. The molecule has 1 aromatic rings. The summed E-state index contributed by atoms with van der Waals surface area (Å²) in [6, 6.07) is 3.10. The van der Waals surface area contributed by atoms with E-state index in [-0.39, 0.29) is 5.69 Å². The van der Waals surface area contributed by atoms with Gasteiger partial charge in [-0.05, 0) is 35.0 Å². The van der Waals surface area contributed by atoms with Gasteiger partial charge in [0.2, 0.25) is 10.0 Å². The summed E-state index contributed by atoms with van der Waals surface area (Å²) in [6.07, 6.45) is 1.51. The van der Waals surface area contributed by atoms with Crippen LogP contribution in [0.3, 0.4) is 0 Å². The third-order valence-electron chi connectivity index (χ3n) is 2.01. The summed E-state index contributed by atoms with van der Waals surface area (Å²) in [5, 5.41) is -1.29. The second kappa shape index (κ2) is 5.46. The van der Waals surface area contributed by atoms with Crippen molar-refractivity contribution in [3.63, 3.8) is 0 Å². The molecule has 0 saturated carbocycles. The Bertz CT molecular complexity index is 517. The standard InChI is InChI=1S/C9H11BrN2O4S/c1-6(9(13)16-2)17(14,15)12-7-4-3-5-11-8(7)10/h3-6,12H,1-2H3. The highest BCUT2D eigenvalue weighted by molar-refractivity contribution is 9.10. The highest BCUT2D eigenvalue weighted by Gasteiger charge is 2.29. The summed E-state index contributed by atoms with van der Waals surface area (Å²) < 4.78 is 30.6. The van der Waals surface area contributed by atoms with Crippen LogP contribution in [0.25, 0.3) is 0 Å². The summed E-state index contributed by atoms with van der Waals surface area (Å²) in [7, 11) is -2.71. The van der Waals surface area contributed by atoms with Crippen molar-refractivity contribution in [2.45, 2.75) is 12.2 Å². The van der Waals surface area contributed by atoms with Crippen LogP contribution >= 0.6 is 15.9 Å². The van der Waals surface area contributed by atoms with E-state index in [0.717, 1.165) is 7.11 Å². The smallest absolute Gasteiger partial charge is 0.325 e. The van der Waals surface area contributed by atoms with Crippen LogP contribution in [0.4, 0.5) is 5.69 Å². The fourth-order valence-electron chi connectivity index (χ4n) is 0.996. The molecule has 1 aromatic heterocycles. The molecule has 6 nitrogen and oxygen atoms in total. The van der Waals surface area contributed by atoms with Gasteiger partial charge in [0, 0.05) is 6.20 Å². The van der Waals surface area contributed by atoms with Gasteiger partial charge >= 0.3 is 5.97 Å². The van der Waals surface area contributed by atoms with Crippen LogP contribution in [-0.4, -0.2) is 31.7 Å². The van der Waals surface area contributed by atoms with E-state index in [9.17, 15) is 13.2 Å². The fraction of sp³-hybridized carbons (Fsp3) is 0.333. The normalized spacial score (nSPS) is 12.9. The molecule has 1 rings (SSSR count). The maximum atomic E-state index is 11.8. The Morgan fingerprint density at radius 1 is 1.59 bits per heavy atom. The SMILES string of the molecule is COC(=O)C(C)S(=O)(=O)Nc1cccnc1Br. The molecule has 1 atom stereocenters. The lowest BCUT2D eigenvalue weighted by Gasteiger charge is -2.13. The van der Waals surface area contributed by atoms with Gasteiger partial charge in [-0.15, -0.1) is 0 Å². The summed E-state index contributed by atoms with van der Waals surface area (Å²) in [5.74, 6) is -0.822. The van der Waals surface area contributed by atoms with Crippen LogP contribution < -0.4 is 4.72 Å². The van der Waals surface area contributed by atoms with E-state index in [2.05, 4.69) is 30.4 Å². The number of ether oxygens (including phenoxy) is 1. The lowest BCUT2D eigenvalue weighted by molar-refractivity contribution is -0.139. The first-order chi connectivity index (χ1) is 7.88. The van der Waals surface area contributed by atoms with E-state index >= 15 is 0 Å². The highest BCUT2D eigenvalue weighted by Crippen LogP contribution is 2.20. The van der Waals surface area contributed by atoms with Gasteiger partial charge in [-0.1, -0.05) is 0 Å². The Kier molecular flexibility index (Phi) is 4.47. The monoisotopic (exact) mass is 322 g/mol. The second-order valence-electron chi connectivity index (χ2n) is 3.15. The third-order valence-corrected chi connectivity index (χ3v) is 4.27. The van der Waals surface area contributed by atoms with E-state index in [4.69, 9.17) is 0 Å². The second-order valence-corrected chi connectivity index (χ2v) is 5.91. The molecule has 1 unspecified atom stereocenters. The lowest BCUT2D eigenvalue weighted by Crippen LogP contribution is -2.33.